The van der Waals surface area contributed by atoms with Crippen molar-refractivity contribution in [2.45, 2.75) is 11.8 Å². The molecule has 1 aromatic carbocycles. The average molecular weight is 330 g/mol. The molecule has 0 bridgehead atoms. The van der Waals surface area contributed by atoms with Gasteiger partial charge in [0.15, 0.2) is 0 Å². The lowest BCUT2D eigenvalue weighted by molar-refractivity contribution is 0.466. The molecule has 2 aromatic rings. The van der Waals surface area contributed by atoms with E-state index >= 15 is 0 Å². The van der Waals surface area contributed by atoms with Crippen LogP contribution in [0.2, 0.25) is 0 Å². The van der Waals surface area contributed by atoms with Gasteiger partial charge in [0, 0.05) is 31.7 Å². The normalized spacial score (nSPS) is 11.6. The van der Waals surface area contributed by atoms with Crippen molar-refractivity contribution in [1.82, 2.24) is 14.6 Å². The molecule has 1 aromatic heterocycles. The lowest BCUT2D eigenvalue weighted by Gasteiger charge is -2.17. The molecule has 0 saturated carbocycles. The van der Waals surface area contributed by atoms with Crippen molar-refractivity contribution in [2.24, 2.45) is 0 Å². The number of fused-ring (bicyclic) bond motifs is 1. The number of nitrogens with one attached hydrogen (secondary N) is 1. The molecule has 116 valence electrons. The lowest BCUT2D eigenvalue weighted by atomic mass is 10.2. The predicted molar refractivity (Wildman–Crippen MR) is 87.5 cm³/mol. The van der Waals surface area contributed by atoms with Crippen molar-refractivity contribution in [3.8, 4) is 0 Å². The van der Waals surface area contributed by atoms with Gasteiger partial charge in [-0.25, -0.2) is 8.42 Å². The molecule has 0 saturated heterocycles. The van der Waals surface area contributed by atoms with Gasteiger partial charge in [0.2, 0.25) is 10.0 Å². The highest BCUT2D eigenvalue weighted by Gasteiger charge is 2.23. The highest BCUT2D eigenvalue weighted by Crippen LogP contribution is 2.23. The van der Waals surface area contributed by atoms with Gasteiger partial charge in [-0.2, -0.15) is 4.31 Å². The van der Waals surface area contributed by atoms with E-state index in [-0.39, 0.29) is 17.3 Å². The van der Waals surface area contributed by atoms with Crippen LogP contribution in [-0.4, -0.2) is 44.9 Å². The first kappa shape index (κ1) is 17.8. The standard InChI is InChI=1S/C14H19N3O2S.ClH/c1-11-9-12-5-4-6-13(14(12)16-10-11)20(18,19)17(3)8-7-15-2;/h4-6,9-10,15H,7-8H2,1-3H3;1H. The van der Waals surface area contributed by atoms with Crippen LogP contribution in [0.15, 0.2) is 35.4 Å². The maximum absolute atomic E-state index is 12.6. The number of hydrogen-bond acceptors (Lipinski definition) is 4. The second-order valence-electron chi connectivity index (χ2n) is 4.77. The smallest absolute Gasteiger partial charge is 0.245 e. The monoisotopic (exact) mass is 329 g/mol. The number of rotatable bonds is 5. The number of pyridine rings is 1. The Morgan fingerprint density at radius 2 is 2.05 bits per heavy atom. The van der Waals surface area contributed by atoms with Crippen LogP contribution in [0, 0.1) is 6.92 Å². The molecule has 7 heteroatoms. The van der Waals surface area contributed by atoms with E-state index in [4.69, 9.17) is 0 Å². The Bertz CT molecular complexity index is 719. The molecule has 1 heterocycles. The van der Waals surface area contributed by atoms with Crippen molar-refractivity contribution >= 4 is 33.3 Å². The van der Waals surface area contributed by atoms with Gasteiger partial charge in [-0.1, -0.05) is 12.1 Å². The number of halogens is 1. The number of hydrogen-bond donors (Lipinski definition) is 1. The third-order valence-corrected chi connectivity index (χ3v) is 5.06. The van der Waals surface area contributed by atoms with Gasteiger partial charge in [0.25, 0.3) is 0 Å². The number of para-hydroxylation sites is 1. The van der Waals surface area contributed by atoms with E-state index in [1.807, 2.05) is 19.1 Å². The van der Waals surface area contributed by atoms with E-state index in [0.29, 0.717) is 18.6 Å². The molecule has 0 aliphatic heterocycles. The summed E-state index contributed by atoms with van der Waals surface area (Å²) in [5.74, 6) is 0. The predicted octanol–water partition coefficient (Wildman–Crippen LogP) is 1.80. The van der Waals surface area contributed by atoms with Gasteiger partial charge in [-0.15, -0.1) is 12.4 Å². The topological polar surface area (TPSA) is 62.3 Å². The Labute approximate surface area is 131 Å². The molecule has 0 unspecified atom stereocenters. The molecule has 2 rings (SSSR count). The van der Waals surface area contributed by atoms with E-state index in [1.165, 1.54) is 4.31 Å². The zero-order valence-corrected chi connectivity index (χ0v) is 14.0. The van der Waals surface area contributed by atoms with Crippen LogP contribution in [0.1, 0.15) is 5.56 Å². The average Bonchev–Trinajstić information content (AvgIpc) is 2.43. The molecular weight excluding hydrogens is 310 g/mol. The summed E-state index contributed by atoms with van der Waals surface area (Å²) in [7, 11) is -0.142. The van der Waals surface area contributed by atoms with Gasteiger partial charge in [-0.05, 0) is 31.7 Å². The van der Waals surface area contributed by atoms with Crippen molar-refractivity contribution in [3.63, 3.8) is 0 Å². The van der Waals surface area contributed by atoms with Crippen molar-refractivity contribution in [2.75, 3.05) is 27.2 Å². The number of nitrogens with zero attached hydrogens (tertiary/aromatic N) is 2. The Kier molecular flexibility index (Phi) is 6.10. The summed E-state index contributed by atoms with van der Waals surface area (Å²) in [6.07, 6.45) is 1.69. The molecule has 21 heavy (non-hydrogen) atoms. The zero-order chi connectivity index (χ0) is 14.8. The molecule has 0 aliphatic rings. The summed E-state index contributed by atoms with van der Waals surface area (Å²) in [6.45, 7) is 2.96. The van der Waals surface area contributed by atoms with Crippen molar-refractivity contribution < 1.29 is 8.42 Å². The largest absolute Gasteiger partial charge is 0.318 e. The molecule has 0 amide bonds. The number of aryl methyl sites for hydroxylation is 1. The van der Waals surface area contributed by atoms with E-state index in [9.17, 15) is 8.42 Å². The third kappa shape index (κ3) is 3.71. The van der Waals surface area contributed by atoms with Gasteiger partial charge >= 0.3 is 0 Å². The van der Waals surface area contributed by atoms with Gasteiger partial charge < -0.3 is 5.32 Å². The van der Waals surface area contributed by atoms with Crippen LogP contribution in [0.5, 0.6) is 0 Å². The highest BCUT2D eigenvalue weighted by molar-refractivity contribution is 7.89. The minimum Gasteiger partial charge on any atom is -0.318 e. The SMILES string of the molecule is CNCCN(C)S(=O)(=O)c1cccc2cc(C)cnc12.Cl. The number of likely N-dealkylation sites (N-methyl/N-ethyl adjacent to an activating group) is 2. The Morgan fingerprint density at radius 3 is 2.71 bits per heavy atom. The van der Waals surface area contributed by atoms with Gasteiger partial charge in [-0.3, -0.25) is 4.98 Å². The van der Waals surface area contributed by atoms with Gasteiger partial charge in [0.1, 0.15) is 4.90 Å². The Balaban J connectivity index is 0.00000220. The molecule has 1 N–H and O–H groups in total. The maximum Gasteiger partial charge on any atom is 0.245 e. The molecule has 5 nitrogen and oxygen atoms in total. The first-order valence-corrected chi connectivity index (χ1v) is 7.87. The molecular formula is C14H20ClN3O2S. The molecule has 0 aliphatic carbocycles. The lowest BCUT2D eigenvalue weighted by Crippen LogP contribution is -2.33. The summed E-state index contributed by atoms with van der Waals surface area (Å²) < 4.78 is 26.5. The summed E-state index contributed by atoms with van der Waals surface area (Å²) in [5.41, 5.74) is 1.53. The maximum atomic E-state index is 12.6. The second-order valence-corrected chi connectivity index (χ2v) is 6.78. The van der Waals surface area contributed by atoms with Crippen molar-refractivity contribution in [1.29, 1.82) is 0 Å². The number of aromatic nitrogens is 1. The minimum atomic E-state index is -3.52. The fraction of sp³-hybridized carbons (Fsp3) is 0.357. The Hall–Kier alpha value is -1.21. The van der Waals surface area contributed by atoms with Crippen LogP contribution < -0.4 is 5.32 Å². The second kappa shape index (κ2) is 7.17. The molecule has 0 radical (unpaired) electrons. The summed E-state index contributed by atoms with van der Waals surface area (Å²) >= 11 is 0. The van der Waals surface area contributed by atoms with Gasteiger partial charge in [0.05, 0.1) is 5.52 Å². The quantitative estimate of drug-likeness (QED) is 0.908. The van der Waals surface area contributed by atoms with Crippen LogP contribution in [0.25, 0.3) is 10.9 Å². The molecule has 0 fully saturated rings. The fourth-order valence-electron chi connectivity index (χ4n) is 2.01. The fourth-order valence-corrected chi connectivity index (χ4v) is 3.34. The van der Waals surface area contributed by atoms with E-state index in [1.54, 1.807) is 32.4 Å². The van der Waals surface area contributed by atoms with E-state index in [2.05, 4.69) is 10.3 Å². The zero-order valence-electron chi connectivity index (χ0n) is 12.3. The summed E-state index contributed by atoms with van der Waals surface area (Å²) in [6, 6.07) is 7.18. The molecule has 0 atom stereocenters. The summed E-state index contributed by atoms with van der Waals surface area (Å²) in [5, 5.41) is 3.79. The highest BCUT2D eigenvalue weighted by atomic mass is 35.5. The number of sulfonamides is 1. The van der Waals surface area contributed by atoms with Crippen LogP contribution in [-0.2, 0) is 10.0 Å². The third-order valence-electron chi connectivity index (χ3n) is 3.18. The van der Waals surface area contributed by atoms with Crippen LogP contribution in [0.4, 0.5) is 0 Å². The minimum absolute atomic E-state index is 0. The van der Waals surface area contributed by atoms with Crippen LogP contribution in [0.3, 0.4) is 0 Å². The molecule has 0 spiro atoms. The number of benzene rings is 1. The first-order valence-electron chi connectivity index (χ1n) is 6.43. The van der Waals surface area contributed by atoms with E-state index < -0.39 is 10.0 Å². The summed E-state index contributed by atoms with van der Waals surface area (Å²) in [4.78, 5) is 4.55. The Morgan fingerprint density at radius 1 is 1.33 bits per heavy atom. The van der Waals surface area contributed by atoms with E-state index in [0.717, 1.165) is 10.9 Å². The first-order chi connectivity index (χ1) is 9.46. The van der Waals surface area contributed by atoms with Crippen molar-refractivity contribution in [3.05, 3.63) is 36.0 Å². The van der Waals surface area contributed by atoms with Crippen LogP contribution >= 0.6 is 12.4 Å².